The number of anilines is 1. The Bertz CT molecular complexity index is 563. The molecule has 2 aromatic carbocycles. The fraction of sp³-hybridized carbons (Fsp3) is 0.143. The summed E-state index contributed by atoms with van der Waals surface area (Å²) in [5.41, 5.74) is 0.924. The number of halogens is 3. The Balaban J connectivity index is 1.81. The maximum atomic E-state index is 13.4. The maximum Gasteiger partial charge on any atom is 0.139 e. The van der Waals surface area contributed by atoms with Gasteiger partial charge in [0.05, 0.1) is 0 Å². The van der Waals surface area contributed by atoms with Crippen molar-refractivity contribution >= 4 is 29.1 Å². The smallest absolute Gasteiger partial charge is 0.139 e. The van der Waals surface area contributed by atoms with E-state index in [1.165, 1.54) is 23.9 Å². The molecule has 0 aliphatic heterocycles. The molecule has 2 rings (SSSR count). The lowest BCUT2D eigenvalue weighted by Gasteiger charge is -2.07. The van der Waals surface area contributed by atoms with Crippen LogP contribution in [0.1, 0.15) is 0 Å². The Morgan fingerprint density at radius 3 is 2.68 bits per heavy atom. The van der Waals surface area contributed by atoms with E-state index in [0.29, 0.717) is 22.2 Å². The molecule has 0 aliphatic carbocycles. The first kappa shape index (κ1) is 14.2. The minimum absolute atomic E-state index is 0.453. The van der Waals surface area contributed by atoms with Crippen LogP contribution in [0, 0.1) is 11.6 Å². The fourth-order valence-electron chi connectivity index (χ4n) is 1.55. The first-order chi connectivity index (χ1) is 9.15. The van der Waals surface area contributed by atoms with Crippen molar-refractivity contribution in [2.75, 3.05) is 17.6 Å². The van der Waals surface area contributed by atoms with Gasteiger partial charge in [-0.3, -0.25) is 0 Å². The Kier molecular flexibility index (Phi) is 5.05. The van der Waals surface area contributed by atoms with E-state index in [0.717, 1.165) is 11.8 Å². The monoisotopic (exact) mass is 299 g/mol. The lowest BCUT2D eigenvalue weighted by atomic mass is 10.3. The second-order valence-electron chi connectivity index (χ2n) is 3.86. The largest absolute Gasteiger partial charge is 0.384 e. The summed E-state index contributed by atoms with van der Waals surface area (Å²) in [7, 11) is 0. The molecular formula is C14H12ClF2NS. The number of nitrogens with one attached hydrogen (secondary N) is 1. The zero-order valence-electron chi connectivity index (χ0n) is 10.00. The second kappa shape index (κ2) is 6.78. The molecule has 0 aliphatic rings. The molecule has 100 valence electrons. The topological polar surface area (TPSA) is 12.0 Å². The van der Waals surface area contributed by atoms with Gasteiger partial charge >= 0.3 is 0 Å². The van der Waals surface area contributed by atoms with E-state index >= 15 is 0 Å². The van der Waals surface area contributed by atoms with E-state index < -0.39 is 11.6 Å². The third kappa shape index (κ3) is 4.40. The Morgan fingerprint density at radius 1 is 1.11 bits per heavy atom. The molecule has 0 amide bonds. The molecule has 2 aromatic rings. The predicted octanol–water partition coefficient (Wildman–Crippen LogP) is 4.82. The third-order valence-electron chi connectivity index (χ3n) is 2.41. The molecule has 0 aromatic heterocycles. The summed E-state index contributed by atoms with van der Waals surface area (Å²) in [6, 6.07) is 11.0. The first-order valence-corrected chi connectivity index (χ1v) is 7.09. The van der Waals surface area contributed by atoms with E-state index in [1.807, 2.05) is 18.2 Å². The van der Waals surface area contributed by atoms with Crippen LogP contribution in [0.5, 0.6) is 0 Å². The lowest BCUT2D eigenvalue weighted by molar-refractivity contribution is 0.566. The standard InChI is InChI=1S/C14H12ClF2NS/c15-10-2-1-3-12(8-10)18-6-7-19-14-5-4-11(16)9-13(14)17/h1-5,8-9,18H,6-7H2. The zero-order valence-corrected chi connectivity index (χ0v) is 11.6. The zero-order chi connectivity index (χ0) is 13.7. The summed E-state index contributed by atoms with van der Waals surface area (Å²) in [6.45, 7) is 0.668. The molecule has 0 unspecified atom stereocenters. The number of benzene rings is 2. The molecule has 0 fully saturated rings. The molecule has 1 nitrogen and oxygen atoms in total. The summed E-state index contributed by atoms with van der Waals surface area (Å²) in [5.74, 6) is -0.402. The van der Waals surface area contributed by atoms with Crippen molar-refractivity contribution in [3.05, 3.63) is 59.1 Å². The van der Waals surface area contributed by atoms with Crippen LogP contribution in [-0.4, -0.2) is 12.3 Å². The molecule has 0 bridgehead atoms. The number of hydrogen-bond donors (Lipinski definition) is 1. The van der Waals surface area contributed by atoms with Gasteiger partial charge in [0.1, 0.15) is 11.6 Å². The minimum atomic E-state index is -0.557. The van der Waals surface area contributed by atoms with Gasteiger partial charge in [-0.15, -0.1) is 11.8 Å². The molecule has 5 heteroatoms. The van der Waals surface area contributed by atoms with Crippen LogP contribution in [0.3, 0.4) is 0 Å². The van der Waals surface area contributed by atoms with Crippen LogP contribution in [0.15, 0.2) is 47.4 Å². The summed E-state index contributed by atoms with van der Waals surface area (Å²) in [6.07, 6.45) is 0. The molecule has 19 heavy (non-hydrogen) atoms. The Labute approximate surface area is 120 Å². The van der Waals surface area contributed by atoms with Gasteiger partial charge in [-0.1, -0.05) is 17.7 Å². The van der Waals surface area contributed by atoms with Gasteiger partial charge in [-0.05, 0) is 30.3 Å². The van der Waals surface area contributed by atoms with Gasteiger partial charge < -0.3 is 5.32 Å². The van der Waals surface area contributed by atoms with E-state index in [2.05, 4.69) is 5.32 Å². The SMILES string of the molecule is Fc1ccc(SCCNc2cccc(Cl)c2)c(F)c1. The van der Waals surface area contributed by atoms with Crippen molar-refractivity contribution in [1.29, 1.82) is 0 Å². The maximum absolute atomic E-state index is 13.4. The molecule has 0 saturated heterocycles. The second-order valence-corrected chi connectivity index (χ2v) is 5.43. The third-order valence-corrected chi connectivity index (χ3v) is 3.69. The highest BCUT2D eigenvalue weighted by molar-refractivity contribution is 7.99. The molecule has 0 radical (unpaired) electrons. The minimum Gasteiger partial charge on any atom is -0.384 e. The van der Waals surface area contributed by atoms with Gasteiger partial charge in [-0.25, -0.2) is 8.78 Å². The Morgan fingerprint density at radius 2 is 1.95 bits per heavy atom. The molecule has 0 spiro atoms. The summed E-state index contributed by atoms with van der Waals surface area (Å²) in [4.78, 5) is 0.453. The molecule has 0 heterocycles. The lowest BCUT2D eigenvalue weighted by Crippen LogP contribution is -2.04. The average molecular weight is 300 g/mol. The van der Waals surface area contributed by atoms with Crippen LogP contribution >= 0.6 is 23.4 Å². The van der Waals surface area contributed by atoms with Gasteiger partial charge in [0, 0.05) is 34.0 Å². The van der Waals surface area contributed by atoms with Crippen LogP contribution in [0.25, 0.3) is 0 Å². The normalized spacial score (nSPS) is 10.5. The van der Waals surface area contributed by atoms with E-state index in [4.69, 9.17) is 11.6 Å². The van der Waals surface area contributed by atoms with Crippen LogP contribution in [0.2, 0.25) is 5.02 Å². The predicted molar refractivity (Wildman–Crippen MR) is 77.0 cm³/mol. The van der Waals surface area contributed by atoms with Crippen molar-refractivity contribution in [2.24, 2.45) is 0 Å². The highest BCUT2D eigenvalue weighted by Crippen LogP contribution is 2.22. The van der Waals surface area contributed by atoms with Crippen molar-refractivity contribution in [3.8, 4) is 0 Å². The number of rotatable bonds is 5. The average Bonchev–Trinajstić information content (AvgIpc) is 2.37. The molecule has 0 atom stereocenters. The van der Waals surface area contributed by atoms with E-state index in [9.17, 15) is 8.78 Å². The molecule has 0 saturated carbocycles. The van der Waals surface area contributed by atoms with Gasteiger partial charge in [0.2, 0.25) is 0 Å². The summed E-state index contributed by atoms with van der Waals surface area (Å²) in [5, 5.41) is 3.85. The van der Waals surface area contributed by atoms with Crippen LogP contribution < -0.4 is 5.32 Å². The van der Waals surface area contributed by atoms with E-state index in [1.54, 1.807) is 6.07 Å². The summed E-state index contributed by atoms with van der Waals surface area (Å²) < 4.78 is 26.1. The van der Waals surface area contributed by atoms with Crippen molar-refractivity contribution < 1.29 is 8.78 Å². The summed E-state index contributed by atoms with van der Waals surface area (Å²) >= 11 is 7.20. The van der Waals surface area contributed by atoms with Crippen LogP contribution in [0.4, 0.5) is 14.5 Å². The van der Waals surface area contributed by atoms with Gasteiger partial charge in [-0.2, -0.15) is 0 Å². The Hall–Kier alpha value is -1.26. The van der Waals surface area contributed by atoms with Gasteiger partial charge in [0.25, 0.3) is 0 Å². The van der Waals surface area contributed by atoms with E-state index in [-0.39, 0.29) is 0 Å². The van der Waals surface area contributed by atoms with Crippen LogP contribution in [-0.2, 0) is 0 Å². The quantitative estimate of drug-likeness (QED) is 0.627. The first-order valence-electron chi connectivity index (χ1n) is 5.72. The number of thioether (sulfide) groups is 1. The van der Waals surface area contributed by atoms with Crippen molar-refractivity contribution in [1.82, 2.24) is 0 Å². The molecule has 1 N–H and O–H groups in total. The van der Waals surface area contributed by atoms with Crippen molar-refractivity contribution in [3.63, 3.8) is 0 Å². The highest BCUT2D eigenvalue weighted by Gasteiger charge is 2.03. The molecular weight excluding hydrogens is 288 g/mol. The van der Waals surface area contributed by atoms with Crippen molar-refractivity contribution in [2.45, 2.75) is 4.90 Å². The fourth-order valence-corrected chi connectivity index (χ4v) is 2.52. The highest BCUT2D eigenvalue weighted by atomic mass is 35.5. The number of hydrogen-bond acceptors (Lipinski definition) is 2. The van der Waals surface area contributed by atoms with Gasteiger partial charge in [0.15, 0.2) is 0 Å².